The molecule has 116 valence electrons. The summed E-state index contributed by atoms with van der Waals surface area (Å²) in [7, 11) is 0. The van der Waals surface area contributed by atoms with Gasteiger partial charge in [0.1, 0.15) is 0 Å². The van der Waals surface area contributed by atoms with Gasteiger partial charge in [-0.05, 0) is 50.8 Å². The van der Waals surface area contributed by atoms with Crippen molar-refractivity contribution in [2.24, 2.45) is 0 Å². The third-order valence-electron chi connectivity index (χ3n) is 4.84. The standard InChI is InChI=1S/C18H28N2O/c1-2-4-16(5-3-1)6-11-20-12-7-17(8-13-20)19-18-9-14-21-15-10-18/h1-5,17-19H,6-15H2. The summed E-state index contributed by atoms with van der Waals surface area (Å²) in [5.74, 6) is 0. The molecule has 2 heterocycles. The molecule has 0 bridgehead atoms. The van der Waals surface area contributed by atoms with Gasteiger partial charge >= 0.3 is 0 Å². The number of hydrogen-bond acceptors (Lipinski definition) is 3. The van der Waals surface area contributed by atoms with Gasteiger partial charge in [0.2, 0.25) is 0 Å². The number of hydrogen-bond donors (Lipinski definition) is 1. The van der Waals surface area contributed by atoms with Crippen molar-refractivity contribution in [2.75, 3.05) is 32.8 Å². The van der Waals surface area contributed by atoms with Gasteiger partial charge in [-0.1, -0.05) is 30.3 Å². The van der Waals surface area contributed by atoms with Crippen LogP contribution in [0, 0.1) is 0 Å². The highest BCUT2D eigenvalue weighted by atomic mass is 16.5. The van der Waals surface area contributed by atoms with Crippen LogP contribution in [-0.2, 0) is 11.2 Å². The topological polar surface area (TPSA) is 24.5 Å². The molecule has 0 saturated carbocycles. The van der Waals surface area contributed by atoms with Gasteiger partial charge in [-0.3, -0.25) is 0 Å². The molecular formula is C18H28N2O. The predicted octanol–water partition coefficient (Wildman–Crippen LogP) is 2.46. The highest BCUT2D eigenvalue weighted by Crippen LogP contribution is 2.15. The van der Waals surface area contributed by atoms with Crippen molar-refractivity contribution in [2.45, 2.75) is 44.2 Å². The van der Waals surface area contributed by atoms with Crippen LogP contribution < -0.4 is 5.32 Å². The monoisotopic (exact) mass is 288 g/mol. The molecule has 0 unspecified atom stereocenters. The Morgan fingerprint density at radius 2 is 1.62 bits per heavy atom. The molecular weight excluding hydrogens is 260 g/mol. The van der Waals surface area contributed by atoms with Crippen molar-refractivity contribution >= 4 is 0 Å². The minimum absolute atomic E-state index is 0.694. The lowest BCUT2D eigenvalue weighted by atomic mass is 10.0. The minimum Gasteiger partial charge on any atom is -0.381 e. The fourth-order valence-corrected chi connectivity index (χ4v) is 3.45. The van der Waals surface area contributed by atoms with Crippen molar-refractivity contribution in [3.63, 3.8) is 0 Å². The van der Waals surface area contributed by atoms with E-state index in [1.807, 2.05) is 0 Å². The Morgan fingerprint density at radius 1 is 0.952 bits per heavy atom. The second-order valence-electron chi connectivity index (χ2n) is 6.40. The molecule has 21 heavy (non-hydrogen) atoms. The number of rotatable bonds is 5. The molecule has 3 nitrogen and oxygen atoms in total. The maximum Gasteiger partial charge on any atom is 0.0480 e. The fraction of sp³-hybridized carbons (Fsp3) is 0.667. The molecule has 1 N–H and O–H groups in total. The van der Waals surface area contributed by atoms with Crippen LogP contribution >= 0.6 is 0 Å². The van der Waals surface area contributed by atoms with Gasteiger partial charge < -0.3 is 15.0 Å². The van der Waals surface area contributed by atoms with Crippen molar-refractivity contribution in [3.8, 4) is 0 Å². The van der Waals surface area contributed by atoms with Gasteiger partial charge in [-0.2, -0.15) is 0 Å². The Kier molecular flexibility index (Phi) is 5.67. The van der Waals surface area contributed by atoms with Crippen LogP contribution in [0.5, 0.6) is 0 Å². The van der Waals surface area contributed by atoms with Gasteiger partial charge in [0.25, 0.3) is 0 Å². The first-order valence-electron chi connectivity index (χ1n) is 8.50. The Bertz CT molecular complexity index is 395. The average Bonchev–Trinajstić information content (AvgIpc) is 2.56. The van der Waals surface area contributed by atoms with E-state index in [9.17, 15) is 0 Å². The molecule has 1 aromatic rings. The van der Waals surface area contributed by atoms with Crippen LogP contribution in [0.1, 0.15) is 31.2 Å². The maximum atomic E-state index is 5.43. The van der Waals surface area contributed by atoms with Gasteiger partial charge in [0, 0.05) is 31.8 Å². The Balaban J connectivity index is 1.35. The van der Waals surface area contributed by atoms with Gasteiger partial charge in [-0.15, -0.1) is 0 Å². The quantitative estimate of drug-likeness (QED) is 0.901. The van der Waals surface area contributed by atoms with Crippen LogP contribution in [0.4, 0.5) is 0 Å². The maximum absolute atomic E-state index is 5.43. The molecule has 0 aromatic heterocycles. The second kappa shape index (κ2) is 7.92. The van der Waals surface area contributed by atoms with Crippen molar-refractivity contribution < 1.29 is 4.74 Å². The number of benzene rings is 1. The van der Waals surface area contributed by atoms with Gasteiger partial charge in [0.05, 0.1) is 0 Å². The summed E-state index contributed by atoms with van der Waals surface area (Å²) >= 11 is 0. The van der Waals surface area contributed by atoms with Gasteiger partial charge in [-0.25, -0.2) is 0 Å². The lowest BCUT2D eigenvalue weighted by Gasteiger charge is -2.35. The zero-order chi connectivity index (χ0) is 14.3. The fourth-order valence-electron chi connectivity index (χ4n) is 3.45. The summed E-state index contributed by atoms with van der Waals surface area (Å²) in [6.45, 7) is 5.57. The van der Waals surface area contributed by atoms with Crippen LogP contribution in [0.25, 0.3) is 0 Å². The highest BCUT2D eigenvalue weighted by Gasteiger charge is 2.22. The van der Waals surface area contributed by atoms with Crippen molar-refractivity contribution in [1.29, 1.82) is 0 Å². The third-order valence-corrected chi connectivity index (χ3v) is 4.84. The molecule has 0 radical (unpaired) electrons. The van der Waals surface area contributed by atoms with E-state index in [0.717, 1.165) is 19.3 Å². The molecule has 0 aliphatic carbocycles. The van der Waals surface area contributed by atoms with Crippen molar-refractivity contribution in [1.82, 2.24) is 10.2 Å². The summed E-state index contributed by atoms with van der Waals surface area (Å²) in [5, 5.41) is 3.85. The number of ether oxygens (including phenoxy) is 1. The molecule has 0 amide bonds. The zero-order valence-electron chi connectivity index (χ0n) is 13.0. The molecule has 2 aliphatic rings. The normalized spacial score (nSPS) is 22.5. The van der Waals surface area contributed by atoms with Crippen molar-refractivity contribution in [3.05, 3.63) is 35.9 Å². The lowest BCUT2D eigenvalue weighted by Crippen LogP contribution is -2.47. The number of piperidine rings is 1. The second-order valence-corrected chi connectivity index (χ2v) is 6.40. The van der Waals surface area contributed by atoms with E-state index in [4.69, 9.17) is 4.74 Å². The Labute approximate surface area is 128 Å². The first-order valence-corrected chi connectivity index (χ1v) is 8.50. The SMILES string of the molecule is c1ccc(CCN2CCC(NC3CCOCC3)CC2)cc1. The smallest absolute Gasteiger partial charge is 0.0480 e. The Morgan fingerprint density at radius 3 is 2.33 bits per heavy atom. The van der Waals surface area contributed by atoms with E-state index >= 15 is 0 Å². The summed E-state index contributed by atoms with van der Waals surface area (Å²) in [6, 6.07) is 12.3. The van der Waals surface area contributed by atoms with E-state index in [2.05, 4.69) is 40.5 Å². The average molecular weight is 288 g/mol. The van der Waals surface area contributed by atoms with E-state index in [1.165, 1.54) is 57.3 Å². The van der Waals surface area contributed by atoms with E-state index < -0.39 is 0 Å². The summed E-state index contributed by atoms with van der Waals surface area (Å²) < 4.78 is 5.43. The van der Waals surface area contributed by atoms with E-state index in [1.54, 1.807) is 0 Å². The number of likely N-dealkylation sites (tertiary alicyclic amines) is 1. The zero-order valence-corrected chi connectivity index (χ0v) is 13.0. The minimum atomic E-state index is 0.694. The molecule has 2 saturated heterocycles. The third kappa shape index (κ3) is 4.80. The van der Waals surface area contributed by atoms with Gasteiger partial charge in [0.15, 0.2) is 0 Å². The highest BCUT2D eigenvalue weighted by molar-refractivity contribution is 5.14. The first-order chi connectivity index (χ1) is 10.4. The predicted molar refractivity (Wildman–Crippen MR) is 86.6 cm³/mol. The van der Waals surface area contributed by atoms with Crippen LogP contribution in [0.3, 0.4) is 0 Å². The Hall–Kier alpha value is -0.900. The lowest BCUT2D eigenvalue weighted by molar-refractivity contribution is 0.0707. The summed E-state index contributed by atoms with van der Waals surface area (Å²) in [6.07, 6.45) is 6.15. The molecule has 0 spiro atoms. The molecule has 3 rings (SSSR count). The molecule has 0 atom stereocenters. The number of nitrogens with zero attached hydrogens (tertiary/aromatic N) is 1. The van der Waals surface area contributed by atoms with Crippen LogP contribution in [0.2, 0.25) is 0 Å². The summed E-state index contributed by atoms with van der Waals surface area (Å²) in [4.78, 5) is 2.62. The van der Waals surface area contributed by atoms with Crippen LogP contribution in [-0.4, -0.2) is 49.8 Å². The van der Waals surface area contributed by atoms with Crippen LogP contribution in [0.15, 0.2) is 30.3 Å². The first kappa shape index (κ1) is 15.0. The molecule has 2 aliphatic heterocycles. The van der Waals surface area contributed by atoms with E-state index in [-0.39, 0.29) is 0 Å². The molecule has 3 heteroatoms. The summed E-state index contributed by atoms with van der Waals surface area (Å²) in [5.41, 5.74) is 1.46. The van der Waals surface area contributed by atoms with E-state index in [0.29, 0.717) is 6.04 Å². The molecule has 2 fully saturated rings. The largest absolute Gasteiger partial charge is 0.381 e. The number of nitrogens with one attached hydrogen (secondary N) is 1. The molecule has 1 aromatic carbocycles.